The average molecular weight is 271 g/mol. The lowest BCUT2D eigenvalue weighted by atomic mass is 10.1. The average Bonchev–Trinajstić information content (AvgIpc) is 2.37. The molecule has 0 fully saturated rings. The van der Waals surface area contributed by atoms with Crippen LogP contribution >= 0.6 is 0 Å². The van der Waals surface area contributed by atoms with E-state index in [1.54, 1.807) is 0 Å². The molecule has 0 aliphatic heterocycles. The molecular weight excluding hydrogens is 238 g/mol. The minimum atomic E-state index is 0.0560. The molecule has 0 aromatic carbocycles. The lowest BCUT2D eigenvalue weighted by Crippen LogP contribution is -2.44. The summed E-state index contributed by atoms with van der Waals surface area (Å²) in [5.74, 6) is 0.845. The van der Waals surface area contributed by atoms with Crippen molar-refractivity contribution in [3.63, 3.8) is 0 Å². The minimum Gasteiger partial charge on any atom is -0.341 e. The van der Waals surface area contributed by atoms with E-state index in [0.29, 0.717) is 5.92 Å². The zero-order valence-electron chi connectivity index (χ0n) is 13.7. The Hall–Kier alpha value is -0.610. The van der Waals surface area contributed by atoms with Gasteiger partial charge < -0.3 is 15.1 Å². The molecule has 0 aliphatic carbocycles. The Morgan fingerprint density at radius 2 is 1.68 bits per heavy atom. The van der Waals surface area contributed by atoms with Gasteiger partial charge in [0.2, 0.25) is 5.91 Å². The van der Waals surface area contributed by atoms with E-state index in [0.717, 1.165) is 39.3 Å². The number of carbonyl (C=O) groups is 1. The second-order valence-electron chi connectivity index (χ2n) is 5.66. The molecule has 0 radical (unpaired) electrons. The molecule has 0 rings (SSSR count). The van der Waals surface area contributed by atoms with Crippen LogP contribution < -0.4 is 5.32 Å². The number of hydrogen-bond acceptors (Lipinski definition) is 3. The molecule has 19 heavy (non-hydrogen) atoms. The number of hydrogen-bond donors (Lipinski definition) is 1. The van der Waals surface area contributed by atoms with Gasteiger partial charge in [0, 0.05) is 32.1 Å². The fraction of sp³-hybridized carbons (Fsp3) is 0.933. The van der Waals surface area contributed by atoms with Crippen LogP contribution in [0.2, 0.25) is 0 Å². The first-order valence-electron chi connectivity index (χ1n) is 7.61. The van der Waals surface area contributed by atoms with Crippen LogP contribution in [-0.4, -0.2) is 62.0 Å². The second kappa shape index (κ2) is 10.2. The molecule has 0 spiro atoms. The van der Waals surface area contributed by atoms with Crippen molar-refractivity contribution in [2.45, 2.75) is 34.6 Å². The van der Waals surface area contributed by atoms with Gasteiger partial charge in [0.25, 0.3) is 0 Å². The highest BCUT2D eigenvalue weighted by Crippen LogP contribution is 2.06. The molecule has 1 unspecified atom stereocenters. The summed E-state index contributed by atoms with van der Waals surface area (Å²) in [7, 11) is 1.90. The summed E-state index contributed by atoms with van der Waals surface area (Å²) in [4.78, 5) is 16.8. The van der Waals surface area contributed by atoms with Gasteiger partial charge in [-0.2, -0.15) is 0 Å². The first-order valence-corrected chi connectivity index (χ1v) is 7.61. The van der Waals surface area contributed by atoms with E-state index in [2.05, 4.69) is 37.9 Å². The Bertz CT molecular complexity index is 240. The summed E-state index contributed by atoms with van der Waals surface area (Å²) >= 11 is 0. The number of carbonyl (C=O) groups excluding carboxylic acids is 1. The van der Waals surface area contributed by atoms with Crippen molar-refractivity contribution < 1.29 is 4.79 Å². The Labute approximate surface area is 119 Å². The molecule has 1 N–H and O–H groups in total. The predicted octanol–water partition coefficient (Wildman–Crippen LogP) is 1.67. The van der Waals surface area contributed by atoms with Crippen LogP contribution in [0.3, 0.4) is 0 Å². The first-order chi connectivity index (χ1) is 8.96. The predicted molar refractivity (Wildman–Crippen MR) is 82.3 cm³/mol. The van der Waals surface area contributed by atoms with Crippen molar-refractivity contribution in [2.75, 3.05) is 46.3 Å². The normalized spacial score (nSPS) is 13.1. The standard InChI is InChI=1S/C15H33N3O/c1-7-17(8-2)9-10-18(12-13(3)4)15(19)14(5)11-16-6/h13-14,16H,7-12H2,1-6H3. The van der Waals surface area contributed by atoms with Gasteiger partial charge in [-0.15, -0.1) is 0 Å². The maximum absolute atomic E-state index is 12.4. The van der Waals surface area contributed by atoms with Crippen molar-refractivity contribution in [2.24, 2.45) is 11.8 Å². The third-order valence-corrected chi connectivity index (χ3v) is 3.41. The SMILES string of the molecule is CCN(CC)CCN(CC(C)C)C(=O)C(C)CNC. The van der Waals surface area contributed by atoms with Gasteiger partial charge in [0.15, 0.2) is 0 Å². The van der Waals surface area contributed by atoms with Gasteiger partial charge in [-0.25, -0.2) is 0 Å². The fourth-order valence-corrected chi connectivity index (χ4v) is 2.24. The summed E-state index contributed by atoms with van der Waals surface area (Å²) < 4.78 is 0. The van der Waals surface area contributed by atoms with E-state index in [9.17, 15) is 4.79 Å². The smallest absolute Gasteiger partial charge is 0.226 e. The maximum Gasteiger partial charge on any atom is 0.226 e. The van der Waals surface area contributed by atoms with Gasteiger partial charge in [-0.3, -0.25) is 4.79 Å². The van der Waals surface area contributed by atoms with Crippen LogP contribution in [0, 0.1) is 11.8 Å². The van der Waals surface area contributed by atoms with E-state index < -0.39 is 0 Å². The monoisotopic (exact) mass is 271 g/mol. The number of amides is 1. The Kier molecular flexibility index (Phi) is 9.88. The van der Waals surface area contributed by atoms with Gasteiger partial charge in [0.1, 0.15) is 0 Å². The molecule has 0 heterocycles. The van der Waals surface area contributed by atoms with Crippen molar-refractivity contribution in [1.82, 2.24) is 15.1 Å². The quantitative estimate of drug-likeness (QED) is 0.656. The molecule has 0 aromatic heterocycles. The molecule has 0 bridgehead atoms. The molecule has 4 nitrogen and oxygen atoms in total. The molecule has 0 saturated carbocycles. The van der Waals surface area contributed by atoms with Crippen molar-refractivity contribution in [1.29, 1.82) is 0 Å². The highest BCUT2D eigenvalue weighted by molar-refractivity contribution is 5.78. The maximum atomic E-state index is 12.4. The molecule has 4 heteroatoms. The molecule has 114 valence electrons. The van der Waals surface area contributed by atoms with Gasteiger partial charge in [-0.05, 0) is 26.1 Å². The van der Waals surface area contributed by atoms with Crippen molar-refractivity contribution in [3.8, 4) is 0 Å². The van der Waals surface area contributed by atoms with Crippen LogP contribution in [0.25, 0.3) is 0 Å². The van der Waals surface area contributed by atoms with Gasteiger partial charge in [0.05, 0.1) is 0 Å². The molecule has 0 aromatic rings. The Morgan fingerprint density at radius 3 is 2.11 bits per heavy atom. The molecule has 1 amide bonds. The number of nitrogens with one attached hydrogen (secondary N) is 1. The second-order valence-corrected chi connectivity index (χ2v) is 5.66. The Morgan fingerprint density at radius 1 is 1.11 bits per heavy atom. The third-order valence-electron chi connectivity index (χ3n) is 3.41. The summed E-state index contributed by atoms with van der Waals surface area (Å²) in [5, 5.41) is 3.09. The van der Waals surface area contributed by atoms with Gasteiger partial charge in [-0.1, -0.05) is 34.6 Å². The first kappa shape index (κ1) is 18.4. The summed E-state index contributed by atoms with van der Waals surface area (Å²) in [6.45, 7) is 16.2. The van der Waals surface area contributed by atoms with Crippen molar-refractivity contribution >= 4 is 5.91 Å². The van der Waals surface area contributed by atoms with Crippen LogP contribution in [-0.2, 0) is 4.79 Å². The minimum absolute atomic E-state index is 0.0560. The zero-order chi connectivity index (χ0) is 14.8. The van der Waals surface area contributed by atoms with Crippen molar-refractivity contribution in [3.05, 3.63) is 0 Å². The Balaban J connectivity index is 4.48. The molecule has 0 saturated heterocycles. The highest BCUT2D eigenvalue weighted by atomic mass is 16.2. The van der Waals surface area contributed by atoms with Crippen LogP contribution in [0.15, 0.2) is 0 Å². The van der Waals surface area contributed by atoms with Crippen LogP contribution in [0.4, 0.5) is 0 Å². The number of nitrogens with zero attached hydrogens (tertiary/aromatic N) is 2. The number of likely N-dealkylation sites (N-methyl/N-ethyl adjacent to an activating group) is 1. The molecule has 1 atom stereocenters. The number of rotatable bonds is 10. The summed E-state index contributed by atoms with van der Waals surface area (Å²) in [5.41, 5.74) is 0. The van der Waals surface area contributed by atoms with E-state index in [-0.39, 0.29) is 11.8 Å². The third kappa shape index (κ3) is 7.53. The summed E-state index contributed by atoms with van der Waals surface area (Å²) in [6, 6.07) is 0. The fourth-order valence-electron chi connectivity index (χ4n) is 2.24. The van der Waals surface area contributed by atoms with Crippen LogP contribution in [0.1, 0.15) is 34.6 Å². The zero-order valence-corrected chi connectivity index (χ0v) is 13.7. The molecular formula is C15H33N3O. The van der Waals surface area contributed by atoms with Gasteiger partial charge >= 0.3 is 0 Å². The largest absolute Gasteiger partial charge is 0.341 e. The lowest BCUT2D eigenvalue weighted by molar-refractivity contribution is -0.135. The van der Waals surface area contributed by atoms with Crippen LogP contribution in [0.5, 0.6) is 0 Å². The van der Waals surface area contributed by atoms with E-state index in [1.807, 2.05) is 18.9 Å². The molecule has 0 aliphatic rings. The summed E-state index contributed by atoms with van der Waals surface area (Å²) in [6.07, 6.45) is 0. The highest BCUT2D eigenvalue weighted by Gasteiger charge is 2.20. The van der Waals surface area contributed by atoms with E-state index in [4.69, 9.17) is 0 Å². The van der Waals surface area contributed by atoms with E-state index in [1.165, 1.54) is 0 Å². The van der Waals surface area contributed by atoms with E-state index >= 15 is 0 Å². The topological polar surface area (TPSA) is 35.6 Å². The lowest BCUT2D eigenvalue weighted by Gasteiger charge is -2.30.